The van der Waals surface area contributed by atoms with Crippen molar-refractivity contribution in [2.45, 2.75) is 26.3 Å². The Hall–Kier alpha value is -1.63. The van der Waals surface area contributed by atoms with Crippen LogP contribution in [0, 0.1) is 5.41 Å². The summed E-state index contributed by atoms with van der Waals surface area (Å²) in [6.07, 6.45) is 0.998. The van der Waals surface area contributed by atoms with Gasteiger partial charge in [0.1, 0.15) is 6.54 Å². The predicted octanol–water partition coefficient (Wildman–Crippen LogP) is 1.45. The van der Waals surface area contributed by atoms with E-state index in [2.05, 4.69) is 17.1 Å². The number of carbonyl (C=O) groups is 2. The maximum Gasteiger partial charge on any atom is 0.244 e. The van der Waals surface area contributed by atoms with Crippen LogP contribution in [0.5, 0.6) is 0 Å². The molecule has 3 rings (SSSR count). The summed E-state index contributed by atoms with van der Waals surface area (Å²) in [5.74, 6) is -0.189. The van der Waals surface area contributed by atoms with Crippen LogP contribution in [0.25, 0.3) is 0 Å². The number of rotatable bonds is 3. The number of para-hydroxylation sites is 2. The lowest BCUT2D eigenvalue weighted by Crippen LogP contribution is -2.51. The quantitative estimate of drug-likeness (QED) is 0.863. The highest BCUT2D eigenvalue weighted by Gasteiger charge is 2.39. The number of carbonyl (C=O) groups excluding carboxylic acids is 2. The van der Waals surface area contributed by atoms with Crippen molar-refractivity contribution >= 4 is 35.6 Å². The molecule has 2 aliphatic rings. The third kappa shape index (κ3) is 3.41. The fourth-order valence-corrected chi connectivity index (χ4v) is 3.37. The molecule has 0 aliphatic carbocycles. The van der Waals surface area contributed by atoms with Gasteiger partial charge < -0.3 is 11.1 Å². The molecule has 1 aromatic rings. The van der Waals surface area contributed by atoms with E-state index in [4.69, 9.17) is 5.73 Å². The first-order valence-electron chi connectivity index (χ1n) is 8.08. The molecule has 1 fully saturated rings. The summed E-state index contributed by atoms with van der Waals surface area (Å²) >= 11 is 0. The molecule has 132 valence electrons. The Balaban J connectivity index is 0.00000208. The molecule has 3 N–H and O–H groups in total. The van der Waals surface area contributed by atoms with Gasteiger partial charge in [-0.1, -0.05) is 19.1 Å². The van der Waals surface area contributed by atoms with Gasteiger partial charge in [0.05, 0.1) is 17.4 Å². The minimum Gasteiger partial charge on any atom is -0.330 e. The predicted molar refractivity (Wildman–Crippen MR) is 97.5 cm³/mol. The zero-order chi connectivity index (χ0) is 16.6. The lowest BCUT2D eigenvalue weighted by Gasteiger charge is -2.34. The summed E-state index contributed by atoms with van der Waals surface area (Å²) in [6, 6.07) is 7.15. The molecule has 7 heteroatoms. The number of anilines is 2. The lowest BCUT2D eigenvalue weighted by atomic mass is 9.90. The Bertz CT molecular complexity index is 639. The van der Waals surface area contributed by atoms with Gasteiger partial charge in [-0.2, -0.15) is 0 Å². The maximum absolute atomic E-state index is 13.0. The summed E-state index contributed by atoms with van der Waals surface area (Å²) in [5.41, 5.74) is 7.39. The van der Waals surface area contributed by atoms with Crippen molar-refractivity contribution in [3.05, 3.63) is 24.3 Å². The van der Waals surface area contributed by atoms with E-state index in [9.17, 15) is 9.59 Å². The number of nitrogens with one attached hydrogen (secondary N) is 1. The van der Waals surface area contributed by atoms with Gasteiger partial charge in [-0.15, -0.1) is 12.4 Å². The Morgan fingerprint density at radius 1 is 1.42 bits per heavy atom. The second-order valence-electron chi connectivity index (χ2n) is 6.90. The number of hydrogen-bond acceptors (Lipinski definition) is 4. The van der Waals surface area contributed by atoms with Gasteiger partial charge in [0.2, 0.25) is 11.8 Å². The van der Waals surface area contributed by atoms with Gasteiger partial charge in [-0.05, 0) is 44.0 Å². The lowest BCUT2D eigenvalue weighted by molar-refractivity contribution is -0.125. The Kier molecular flexibility index (Phi) is 5.52. The molecule has 6 nitrogen and oxygen atoms in total. The highest BCUT2D eigenvalue weighted by molar-refractivity contribution is 6.11. The molecular weight excluding hydrogens is 328 g/mol. The molecule has 0 saturated carbocycles. The Labute approximate surface area is 148 Å². The molecule has 0 spiro atoms. The minimum atomic E-state index is -0.262. The number of benzene rings is 1. The van der Waals surface area contributed by atoms with Crippen LogP contribution in [0.2, 0.25) is 0 Å². The average molecular weight is 353 g/mol. The van der Waals surface area contributed by atoms with Crippen LogP contribution in [0.4, 0.5) is 11.4 Å². The average Bonchev–Trinajstić information content (AvgIpc) is 2.95. The van der Waals surface area contributed by atoms with Gasteiger partial charge in [0.15, 0.2) is 0 Å². The van der Waals surface area contributed by atoms with Gasteiger partial charge in [0.25, 0.3) is 0 Å². The summed E-state index contributed by atoms with van der Waals surface area (Å²) < 4.78 is 0. The first-order valence-corrected chi connectivity index (χ1v) is 8.08. The standard InChI is InChI=1S/C17H24N4O2.ClH/c1-12(20-8-7-17(2,10-18)11-20)16(23)21-9-15(22)19-13-5-3-4-6-14(13)21;/h3-6,12H,7-11,18H2,1-2H3,(H,19,22);1H. The highest BCUT2D eigenvalue weighted by atomic mass is 35.5. The minimum absolute atomic E-state index is 0. The number of hydrogen-bond donors (Lipinski definition) is 2. The number of nitrogens with zero attached hydrogens (tertiary/aromatic N) is 2. The van der Waals surface area contributed by atoms with Crippen molar-refractivity contribution in [2.75, 3.05) is 36.4 Å². The van der Waals surface area contributed by atoms with Crippen LogP contribution in [0.15, 0.2) is 24.3 Å². The van der Waals surface area contributed by atoms with Crippen LogP contribution in [0.3, 0.4) is 0 Å². The molecular formula is C17H25ClN4O2. The largest absolute Gasteiger partial charge is 0.330 e. The van der Waals surface area contributed by atoms with Crippen molar-refractivity contribution in [3.63, 3.8) is 0 Å². The highest BCUT2D eigenvalue weighted by Crippen LogP contribution is 2.33. The summed E-state index contributed by atoms with van der Waals surface area (Å²) in [7, 11) is 0. The molecule has 0 radical (unpaired) electrons. The van der Waals surface area contributed by atoms with E-state index in [1.54, 1.807) is 4.90 Å². The summed E-state index contributed by atoms with van der Waals surface area (Å²) in [4.78, 5) is 28.6. The molecule has 2 aliphatic heterocycles. The van der Waals surface area contributed by atoms with Crippen molar-refractivity contribution in [2.24, 2.45) is 11.1 Å². The molecule has 1 aromatic carbocycles. The number of nitrogens with two attached hydrogens (primary N) is 1. The summed E-state index contributed by atoms with van der Waals surface area (Å²) in [6.45, 7) is 6.45. The maximum atomic E-state index is 13.0. The number of fused-ring (bicyclic) bond motifs is 1. The molecule has 0 aromatic heterocycles. The first kappa shape index (κ1) is 18.7. The molecule has 1 saturated heterocycles. The van der Waals surface area contributed by atoms with Crippen LogP contribution < -0.4 is 16.0 Å². The number of amides is 2. The molecule has 2 amide bonds. The Morgan fingerprint density at radius 2 is 2.12 bits per heavy atom. The SMILES string of the molecule is CC(C(=O)N1CC(=O)Nc2ccccc21)N1CCC(C)(CN)C1.Cl. The number of likely N-dealkylation sites (tertiary alicyclic amines) is 1. The zero-order valence-electron chi connectivity index (χ0n) is 14.1. The normalized spacial score (nSPS) is 24.8. The third-order valence-electron chi connectivity index (χ3n) is 5.02. The van der Waals surface area contributed by atoms with Crippen LogP contribution >= 0.6 is 12.4 Å². The van der Waals surface area contributed by atoms with Crippen LogP contribution in [0.1, 0.15) is 20.3 Å². The smallest absolute Gasteiger partial charge is 0.244 e. The molecule has 24 heavy (non-hydrogen) atoms. The molecule has 2 heterocycles. The monoisotopic (exact) mass is 352 g/mol. The van der Waals surface area contributed by atoms with E-state index in [0.29, 0.717) is 12.2 Å². The van der Waals surface area contributed by atoms with E-state index in [0.717, 1.165) is 25.2 Å². The molecule has 2 unspecified atom stereocenters. The fraction of sp³-hybridized carbons (Fsp3) is 0.529. The second kappa shape index (κ2) is 7.09. The van der Waals surface area contributed by atoms with E-state index in [1.165, 1.54) is 0 Å². The first-order chi connectivity index (χ1) is 10.9. The van der Waals surface area contributed by atoms with Crippen LogP contribution in [-0.4, -0.2) is 48.9 Å². The fourth-order valence-electron chi connectivity index (χ4n) is 3.37. The van der Waals surface area contributed by atoms with Gasteiger partial charge in [0, 0.05) is 6.54 Å². The van der Waals surface area contributed by atoms with Crippen LogP contribution in [-0.2, 0) is 9.59 Å². The van der Waals surface area contributed by atoms with E-state index >= 15 is 0 Å². The third-order valence-corrected chi connectivity index (χ3v) is 5.02. The van der Waals surface area contributed by atoms with Gasteiger partial charge in [-0.25, -0.2) is 0 Å². The Morgan fingerprint density at radius 3 is 2.79 bits per heavy atom. The van der Waals surface area contributed by atoms with Gasteiger partial charge in [-0.3, -0.25) is 19.4 Å². The van der Waals surface area contributed by atoms with E-state index < -0.39 is 0 Å². The van der Waals surface area contributed by atoms with Gasteiger partial charge >= 0.3 is 0 Å². The van der Waals surface area contributed by atoms with E-state index in [-0.39, 0.29) is 42.2 Å². The van der Waals surface area contributed by atoms with E-state index in [1.807, 2.05) is 31.2 Å². The summed E-state index contributed by atoms with van der Waals surface area (Å²) in [5, 5.41) is 2.81. The number of halogens is 1. The molecule has 2 atom stereocenters. The van der Waals surface area contributed by atoms with Crippen molar-refractivity contribution in [3.8, 4) is 0 Å². The second-order valence-corrected chi connectivity index (χ2v) is 6.90. The van der Waals surface area contributed by atoms with Crippen molar-refractivity contribution in [1.29, 1.82) is 0 Å². The molecule has 0 bridgehead atoms. The van der Waals surface area contributed by atoms with Crippen molar-refractivity contribution < 1.29 is 9.59 Å². The zero-order valence-corrected chi connectivity index (χ0v) is 14.9. The van der Waals surface area contributed by atoms with Crippen molar-refractivity contribution in [1.82, 2.24) is 4.90 Å². The topological polar surface area (TPSA) is 78.7 Å².